The molecule has 0 aromatic heterocycles. The van der Waals surface area contributed by atoms with E-state index in [2.05, 4.69) is 15.9 Å². The van der Waals surface area contributed by atoms with Gasteiger partial charge in [-0.3, -0.25) is 0 Å². The second kappa shape index (κ2) is 5.28. The van der Waals surface area contributed by atoms with E-state index in [4.69, 9.17) is 9.31 Å². The van der Waals surface area contributed by atoms with E-state index >= 15 is 0 Å². The van der Waals surface area contributed by atoms with E-state index in [1.165, 1.54) is 6.08 Å². The van der Waals surface area contributed by atoms with Crippen molar-refractivity contribution in [3.05, 3.63) is 39.5 Å². The molecule has 1 fully saturated rings. The van der Waals surface area contributed by atoms with E-state index in [1.54, 1.807) is 0 Å². The van der Waals surface area contributed by atoms with Gasteiger partial charge in [-0.1, -0.05) is 28.1 Å². The van der Waals surface area contributed by atoms with Gasteiger partial charge in [-0.05, 0) is 57.9 Å². The minimum Gasteiger partial charge on any atom is -0.398 e. The van der Waals surface area contributed by atoms with Gasteiger partial charge in [-0.2, -0.15) is 0 Å². The normalized spacial score (nSPS) is 21.4. The lowest BCUT2D eigenvalue weighted by Gasteiger charge is -2.32. The largest absolute Gasteiger partial charge is 0.525 e. The van der Waals surface area contributed by atoms with Crippen LogP contribution in [-0.2, 0) is 9.31 Å². The molecule has 0 spiro atoms. The number of benzene rings is 1. The first-order valence-electron chi connectivity index (χ1n) is 6.62. The van der Waals surface area contributed by atoms with Gasteiger partial charge >= 0.3 is 7.12 Å². The Balaban J connectivity index is 2.27. The van der Waals surface area contributed by atoms with Crippen LogP contribution >= 0.6 is 15.9 Å². The van der Waals surface area contributed by atoms with Crippen LogP contribution in [0.15, 0.2) is 28.4 Å². The van der Waals surface area contributed by atoms with Crippen LogP contribution in [0.4, 0.5) is 4.39 Å². The Labute approximate surface area is 128 Å². The average molecular weight is 341 g/mol. The van der Waals surface area contributed by atoms with Gasteiger partial charge in [0, 0.05) is 4.47 Å². The monoisotopic (exact) mass is 340 g/mol. The van der Waals surface area contributed by atoms with Crippen LogP contribution < -0.4 is 0 Å². The number of hydrogen-bond donors (Lipinski definition) is 0. The molecule has 1 aromatic carbocycles. The van der Waals surface area contributed by atoms with E-state index in [9.17, 15) is 4.39 Å². The quantitative estimate of drug-likeness (QED) is 0.726. The summed E-state index contributed by atoms with van der Waals surface area (Å²) >= 11 is 3.44. The van der Waals surface area contributed by atoms with Crippen LogP contribution in [0.3, 0.4) is 0 Å². The Morgan fingerprint density at radius 1 is 1.20 bits per heavy atom. The van der Waals surface area contributed by atoms with Crippen LogP contribution in [-0.4, -0.2) is 18.3 Å². The molecule has 1 aliphatic heterocycles. The fourth-order valence-corrected chi connectivity index (χ4v) is 2.33. The fourth-order valence-electron chi connectivity index (χ4n) is 1.95. The van der Waals surface area contributed by atoms with Gasteiger partial charge in [-0.15, -0.1) is 0 Å². The smallest absolute Gasteiger partial charge is 0.398 e. The SMILES string of the molecule is Cc1c(Br)cccc1C=C(F)B1OC(C)(C)C(C)(C)O1. The molecule has 20 heavy (non-hydrogen) atoms. The van der Waals surface area contributed by atoms with Crippen molar-refractivity contribution < 1.29 is 13.7 Å². The summed E-state index contributed by atoms with van der Waals surface area (Å²) in [4.78, 5) is 0. The summed E-state index contributed by atoms with van der Waals surface area (Å²) < 4.78 is 26.7. The molecule has 2 rings (SSSR count). The lowest BCUT2D eigenvalue weighted by molar-refractivity contribution is 0.00578. The molecule has 0 radical (unpaired) electrons. The summed E-state index contributed by atoms with van der Waals surface area (Å²) in [5.41, 5.74) is 0.320. The van der Waals surface area contributed by atoms with Crippen molar-refractivity contribution >= 4 is 29.1 Å². The third kappa shape index (κ3) is 2.85. The van der Waals surface area contributed by atoms with Crippen molar-refractivity contribution in [3.8, 4) is 0 Å². The minimum absolute atomic E-state index is 0.412. The predicted octanol–water partition coefficient (Wildman–Crippen LogP) is 4.70. The molecular weight excluding hydrogens is 322 g/mol. The summed E-state index contributed by atoms with van der Waals surface area (Å²) in [6.07, 6.45) is 1.47. The zero-order chi connectivity index (χ0) is 15.1. The second-order valence-electron chi connectivity index (χ2n) is 6.07. The van der Waals surface area contributed by atoms with Gasteiger partial charge in [0.1, 0.15) is 5.73 Å². The summed E-state index contributed by atoms with van der Waals surface area (Å²) in [5, 5.41) is 0. The van der Waals surface area contributed by atoms with E-state index in [1.807, 2.05) is 52.8 Å². The summed E-state index contributed by atoms with van der Waals surface area (Å²) in [5.74, 6) is 0. The maximum atomic E-state index is 14.4. The van der Waals surface area contributed by atoms with Crippen molar-refractivity contribution in [2.45, 2.75) is 45.8 Å². The van der Waals surface area contributed by atoms with Crippen LogP contribution in [0.1, 0.15) is 38.8 Å². The molecular formula is C15H19BBrFO2. The molecule has 2 nitrogen and oxygen atoms in total. The highest BCUT2D eigenvalue weighted by Gasteiger charge is 2.53. The van der Waals surface area contributed by atoms with Crippen molar-refractivity contribution in [1.82, 2.24) is 0 Å². The molecule has 5 heteroatoms. The van der Waals surface area contributed by atoms with E-state index in [0.717, 1.165) is 15.6 Å². The number of hydrogen-bond acceptors (Lipinski definition) is 2. The van der Waals surface area contributed by atoms with Gasteiger partial charge in [0.25, 0.3) is 0 Å². The Hall–Kier alpha value is -0.645. The Bertz CT molecular complexity index is 539. The van der Waals surface area contributed by atoms with Crippen molar-refractivity contribution in [2.24, 2.45) is 0 Å². The summed E-state index contributed by atoms with van der Waals surface area (Å²) in [6, 6.07) is 5.67. The molecule has 108 valence electrons. The van der Waals surface area contributed by atoms with Gasteiger partial charge in [0.05, 0.1) is 11.2 Å². The van der Waals surface area contributed by atoms with Crippen molar-refractivity contribution in [3.63, 3.8) is 0 Å². The van der Waals surface area contributed by atoms with E-state index in [0.29, 0.717) is 0 Å². The zero-order valence-corrected chi connectivity index (χ0v) is 14.0. The highest BCUT2D eigenvalue weighted by Crippen LogP contribution is 2.39. The average Bonchev–Trinajstić information content (AvgIpc) is 2.54. The molecule has 0 atom stereocenters. The molecule has 0 bridgehead atoms. The van der Waals surface area contributed by atoms with E-state index < -0.39 is 24.0 Å². The number of halogens is 2. The Morgan fingerprint density at radius 2 is 1.75 bits per heavy atom. The van der Waals surface area contributed by atoms with Crippen LogP contribution in [0.2, 0.25) is 0 Å². The molecule has 1 aliphatic rings. The molecule has 0 unspecified atom stereocenters. The van der Waals surface area contributed by atoms with E-state index in [-0.39, 0.29) is 0 Å². The summed E-state index contributed by atoms with van der Waals surface area (Å²) in [6.45, 7) is 9.57. The lowest BCUT2D eigenvalue weighted by atomic mass is 9.86. The third-order valence-electron chi connectivity index (χ3n) is 4.08. The van der Waals surface area contributed by atoms with Gasteiger partial charge in [0.15, 0.2) is 0 Å². The topological polar surface area (TPSA) is 18.5 Å². The molecule has 1 aromatic rings. The molecule has 0 amide bonds. The minimum atomic E-state index is -0.946. The first kappa shape index (κ1) is 15.7. The van der Waals surface area contributed by atoms with Gasteiger partial charge in [0.2, 0.25) is 0 Å². The maximum Gasteiger partial charge on any atom is 0.525 e. The Kier molecular flexibility index (Phi) is 4.16. The highest BCUT2D eigenvalue weighted by atomic mass is 79.9. The molecule has 0 saturated carbocycles. The predicted molar refractivity (Wildman–Crippen MR) is 84.0 cm³/mol. The third-order valence-corrected chi connectivity index (χ3v) is 4.94. The first-order chi connectivity index (χ1) is 9.14. The second-order valence-corrected chi connectivity index (χ2v) is 6.93. The highest BCUT2D eigenvalue weighted by molar-refractivity contribution is 9.10. The summed E-state index contributed by atoms with van der Waals surface area (Å²) in [7, 11) is -0.946. The Morgan fingerprint density at radius 3 is 2.30 bits per heavy atom. The van der Waals surface area contributed by atoms with Crippen LogP contribution in [0.5, 0.6) is 0 Å². The number of rotatable bonds is 2. The molecule has 1 heterocycles. The van der Waals surface area contributed by atoms with Crippen molar-refractivity contribution in [1.29, 1.82) is 0 Å². The van der Waals surface area contributed by atoms with Gasteiger partial charge in [-0.25, -0.2) is 4.39 Å². The molecule has 1 saturated heterocycles. The first-order valence-corrected chi connectivity index (χ1v) is 7.41. The fraction of sp³-hybridized carbons (Fsp3) is 0.467. The molecule has 0 aliphatic carbocycles. The maximum absolute atomic E-state index is 14.4. The zero-order valence-electron chi connectivity index (χ0n) is 12.5. The molecule has 0 N–H and O–H groups in total. The van der Waals surface area contributed by atoms with Gasteiger partial charge < -0.3 is 9.31 Å². The lowest BCUT2D eigenvalue weighted by Crippen LogP contribution is -2.41. The van der Waals surface area contributed by atoms with Crippen LogP contribution in [0, 0.1) is 6.92 Å². The standard InChI is InChI=1S/C15H19BBrFO2/c1-10-11(7-6-8-12(10)17)9-13(18)16-19-14(2,3)15(4,5)20-16/h6-9H,1-5H3. The van der Waals surface area contributed by atoms with Crippen molar-refractivity contribution in [2.75, 3.05) is 0 Å². The van der Waals surface area contributed by atoms with Crippen LogP contribution in [0.25, 0.3) is 6.08 Å².